The monoisotopic (exact) mass is 447 g/mol. The van der Waals surface area contributed by atoms with E-state index >= 15 is 0 Å². The van der Waals surface area contributed by atoms with Crippen molar-refractivity contribution in [2.24, 2.45) is 5.92 Å². The second-order valence-electron chi connectivity index (χ2n) is 7.81. The van der Waals surface area contributed by atoms with Crippen LogP contribution >= 0.6 is 0 Å². The summed E-state index contributed by atoms with van der Waals surface area (Å²) in [5.41, 5.74) is 1.62. The van der Waals surface area contributed by atoms with Gasteiger partial charge in [-0.2, -0.15) is 4.72 Å². The largest absolute Gasteiger partial charge is 0.351 e. The number of nitrogens with zero attached hydrogens (tertiary/aromatic N) is 1. The number of rotatable bonds is 8. The van der Waals surface area contributed by atoms with Crippen molar-refractivity contribution in [1.82, 2.24) is 10.0 Å². The number of nitrogens with one attached hydrogen (secondary N) is 2. The van der Waals surface area contributed by atoms with E-state index in [9.17, 15) is 22.4 Å². The average Bonchev–Trinajstić information content (AvgIpc) is 3.16. The van der Waals surface area contributed by atoms with Crippen LogP contribution in [0.25, 0.3) is 0 Å². The highest BCUT2D eigenvalue weighted by molar-refractivity contribution is 7.89. The average molecular weight is 448 g/mol. The van der Waals surface area contributed by atoms with Crippen LogP contribution in [0.15, 0.2) is 53.4 Å². The van der Waals surface area contributed by atoms with Gasteiger partial charge in [-0.15, -0.1) is 0 Å². The summed E-state index contributed by atoms with van der Waals surface area (Å²) in [7, 11) is -4.21. The zero-order valence-electron chi connectivity index (χ0n) is 17.5. The van der Waals surface area contributed by atoms with Gasteiger partial charge in [0.15, 0.2) is 0 Å². The van der Waals surface area contributed by atoms with E-state index in [1.165, 1.54) is 12.1 Å². The number of carbonyl (C=O) groups excluding carboxylic acids is 2. The van der Waals surface area contributed by atoms with Crippen molar-refractivity contribution in [2.45, 2.75) is 44.2 Å². The summed E-state index contributed by atoms with van der Waals surface area (Å²) in [5, 5.41) is 2.73. The molecule has 0 aliphatic carbocycles. The molecule has 0 saturated carbocycles. The highest BCUT2D eigenvalue weighted by atomic mass is 32.2. The lowest BCUT2D eigenvalue weighted by molar-refractivity contribution is -0.123. The van der Waals surface area contributed by atoms with Crippen LogP contribution in [0.2, 0.25) is 0 Å². The van der Waals surface area contributed by atoms with Gasteiger partial charge in [0.25, 0.3) is 0 Å². The van der Waals surface area contributed by atoms with Gasteiger partial charge in [-0.05, 0) is 42.2 Å². The number of hydrogen-bond donors (Lipinski definition) is 2. The van der Waals surface area contributed by atoms with Gasteiger partial charge < -0.3 is 10.2 Å². The van der Waals surface area contributed by atoms with Crippen LogP contribution in [-0.4, -0.2) is 32.8 Å². The van der Waals surface area contributed by atoms with Gasteiger partial charge in [-0.3, -0.25) is 9.59 Å². The first-order chi connectivity index (χ1) is 14.7. The third kappa shape index (κ3) is 5.48. The number of anilines is 1. The smallest absolute Gasteiger partial charge is 0.244 e. The fraction of sp³-hybridized carbons (Fsp3) is 0.364. The summed E-state index contributed by atoms with van der Waals surface area (Å²) in [5.74, 6) is -1.64. The van der Waals surface area contributed by atoms with Crippen LogP contribution in [0.5, 0.6) is 0 Å². The lowest BCUT2D eigenvalue weighted by Crippen LogP contribution is -2.49. The molecule has 0 radical (unpaired) electrons. The Kier molecular flexibility index (Phi) is 7.07. The number of sulfonamides is 1. The van der Waals surface area contributed by atoms with E-state index in [0.29, 0.717) is 13.0 Å². The van der Waals surface area contributed by atoms with Gasteiger partial charge in [0.2, 0.25) is 21.8 Å². The van der Waals surface area contributed by atoms with Gasteiger partial charge in [-0.1, -0.05) is 38.1 Å². The Morgan fingerprint density at radius 3 is 2.39 bits per heavy atom. The van der Waals surface area contributed by atoms with E-state index in [1.54, 1.807) is 18.7 Å². The molecule has 1 heterocycles. The SMILES string of the molecule is CC(C)[C@@H](NS(=O)(=O)c1ccccc1F)C(=O)NCc1ccc(N2CCCC2=O)cc1. The number of benzene rings is 2. The Morgan fingerprint density at radius 1 is 1.13 bits per heavy atom. The summed E-state index contributed by atoms with van der Waals surface area (Å²) in [6.45, 7) is 4.30. The second-order valence-corrected chi connectivity index (χ2v) is 9.49. The van der Waals surface area contributed by atoms with Crippen molar-refractivity contribution < 1.29 is 22.4 Å². The van der Waals surface area contributed by atoms with Gasteiger partial charge >= 0.3 is 0 Å². The number of amides is 2. The Morgan fingerprint density at radius 2 is 1.81 bits per heavy atom. The molecule has 1 atom stereocenters. The standard InChI is InChI=1S/C22H26FN3O4S/c1-15(2)21(25-31(29,30)19-7-4-3-6-18(19)23)22(28)24-14-16-9-11-17(12-10-16)26-13-5-8-20(26)27/h3-4,6-7,9-12,15,21,25H,5,8,13-14H2,1-2H3,(H,24,28)/t21-/m1/s1. The molecule has 2 amide bonds. The first kappa shape index (κ1) is 22.9. The lowest BCUT2D eigenvalue weighted by atomic mass is 10.0. The minimum Gasteiger partial charge on any atom is -0.351 e. The quantitative estimate of drug-likeness (QED) is 0.650. The summed E-state index contributed by atoms with van der Waals surface area (Å²) >= 11 is 0. The topological polar surface area (TPSA) is 95.6 Å². The Balaban J connectivity index is 1.64. The molecule has 0 unspecified atom stereocenters. The van der Waals surface area contributed by atoms with Crippen LogP contribution in [0.4, 0.5) is 10.1 Å². The van der Waals surface area contributed by atoms with E-state index in [2.05, 4.69) is 10.0 Å². The van der Waals surface area contributed by atoms with Crippen LogP contribution in [-0.2, 0) is 26.2 Å². The predicted molar refractivity (Wildman–Crippen MR) is 115 cm³/mol. The zero-order chi connectivity index (χ0) is 22.6. The molecule has 2 aromatic rings. The van der Waals surface area contributed by atoms with Crippen LogP contribution in [0.3, 0.4) is 0 Å². The zero-order valence-corrected chi connectivity index (χ0v) is 18.3. The number of hydrogen-bond acceptors (Lipinski definition) is 4. The van der Waals surface area contributed by atoms with Gasteiger partial charge in [0, 0.05) is 25.2 Å². The summed E-state index contributed by atoms with van der Waals surface area (Å²) < 4.78 is 41.4. The summed E-state index contributed by atoms with van der Waals surface area (Å²) in [4.78, 5) is 25.8. The maximum Gasteiger partial charge on any atom is 0.244 e. The summed E-state index contributed by atoms with van der Waals surface area (Å²) in [6, 6.07) is 11.2. The Bertz CT molecular complexity index is 1050. The number of carbonyl (C=O) groups is 2. The molecule has 7 nitrogen and oxygen atoms in total. The molecule has 0 aromatic heterocycles. The fourth-order valence-corrected chi connectivity index (χ4v) is 4.82. The van der Waals surface area contributed by atoms with Crippen LogP contribution in [0, 0.1) is 11.7 Å². The molecule has 0 spiro atoms. The van der Waals surface area contributed by atoms with Crippen molar-refractivity contribution in [3.63, 3.8) is 0 Å². The number of halogens is 1. The molecule has 31 heavy (non-hydrogen) atoms. The van der Waals surface area contributed by atoms with Crippen molar-refractivity contribution in [3.05, 3.63) is 59.9 Å². The van der Waals surface area contributed by atoms with Crippen molar-refractivity contribution in [2.75, 3.05) is 11.4 Å². The van der Waals surface area contributed by atoms with Gasteiger partial charge in [-0.25, -0.2) is 12.8 Å². The summed E-state index contributed by atoms with van der Waals surface area (Å²) in [6.07, 6.45) is 1.40. The molecule has 9 heteroatoms. The van der Waals surface area contributed by atoms with Crippen molar-refractivity contribution >= 4 is 27.5 Å². The molecule has 1 fully saturated rings. The molecule has 0 bridgehead atoms. The molecular weight excluding hydrogens is 421 g/mol. The Hall–Kier alpha value is -2.78. The van der Waals surface area contributed by atoms with Gasteiger partial charge in [0.1, 0.15) is 16.8 Å². The maximum absolute atomic E-state index is 13.9. The highest BCUT2D eigenvalue weighted by Crippen LogP contribution is 2.21. The van der Waals surface area contributed by atoms with Gasteiger partial charge in [0.05, 0.1) is 0 Å². The molecule has 2 N–H and O–H groups in total. The molecule has 166 valence electrons. The fourth-order valence-electron chi connectivity index (χ4n) is 3.40. The minimum absolute atomic E-state index is 0.1000. The predicted octanol–water partition coefficient (Wildman–Crippen LogP) is 2.57. The molecule has 1 saturated heterocycles. The van der Waals surface area contributed by atoms with Crippen LogP contribution < -0.4 is 14.9 Å². The van der Waals surface area contributed by atoms with E-state index in [-0.39, 0.29) is 18.4 Å². The van der Waals surface area contributed by atoms with Crippen molar-refractivity contribution in [1.29, 1.82) is 0 Å². The molecule has 3 rings (SSSR count). The highest BCUT2D eigenvalue weighted by Gasteiger charge is 2.29. The van der Waals surface area contributed by atoms with E-state index < -0.39 is 32.7 Å². The third-order valence-corrected chi connectivity index (χ3v) is 6.62. The van der Waals surface area contributed by atoms with Crippen LogP contribution in [0.1, 0.15) is 32.3 Å². The first-order valence-corrected chi connectivity index (χ1v) is 11.6. The second kappa shape index (κ2) is 9.57. The lowest BCUT2D eigenvalue weighted by Gasteiger charge is -2.22. The molecule has 1 aliphatic rings. The Labute approximate surface area is 181 Å². The van der Waals surface area contributed by atoms with E-state index in [0.717, 1.165) is 29.8 Å². The maximum atomic E-state index is 13.9. The van der Waals surface area contributed by atoms with E-state index in [1.807, 2.05) is 24.3 Å². The minimum atomic E-state index is -4.21. The van der Waals surface area contributed by atoms with Crippen molar-refractivity contribution in [3.8, 4) is 0 Å². The molecular formula is C22H26FN3O4S. The van der Waals surface area contributed by atoms with E-state index in [4.69, 9.17) is 0 Å². The first-order valence-electron chi connectivity index (χ1n) is 10.1. The molecule has 2 aromatic carbocycles. The normalized spacial score (nSPS) is 15.4. The molecule has 1 aliphatic heterocycles. The third-order valence-electron chi connectivity index (χ3n) is 5.15.